The molecular weight excluding hydrogens is 274 g/mol. The number of nitrogens with one attached hydrogen (secondary N) is 1. The highest BCUT2D eigenvalue weighted by molar-refractivity contribution is 5.78. The van der Waals surface area contributed by atoms with Crippen LogP contribution in [-0.2, 0) is 9.53 Å². The molecule has 2 heterocycles. The van der Waals surface area contributed by atoms with Gasteiger partial charge in [-0.25, -0.2) is 9.48 Å². The third-order valence-corrected chi connectivity index (χ3v) is 2.76. The first-order chi connectivity index (χ1) is 10.0. The van der Waals surface area contributed by atoms with E-state index in [1.165, 1.54) is 11.8 Å². The summed E-state index contributed by atoms with van der Waals surface area (Å²) < 4.78 is 6.21. The summed E-state index contributed by atoms with van der Waals surface area (Å²) in [4.78, 5) is 23.9. The van der Waals surface area contributed by atoms with Crippen LogP contribution in [0.2, 0.25) is 0 Å². The molecule has 0 fully saturated rings. The fourth-order valence-electron chi connectivity index (χ4n) is 1.70. The van der Waals surface area contributed by atoms with Gasteiger partial charge in [0, 0.05) is 12.4 Å². The van der Waals surface area contributed by atoms with E-state index < -0.39 is 12.0 Å². The van der Waals surface area contributed by atoms with Gasteiger partial charge < -0.3 is 15.8 Å². The van der Waals surface area contributed by atoms with E-state index in [2.05, 4.69) is 25.4 Å². The molecule has 2 aromatic rings. The van der Waals surface area contributed by atoms with E-state index in [1.807, 2.05) is 13.8 Å². The van der Waals surface area contributed by atoms with Crippen LogP contribution in [0.4, 0.5) is 11.9 Å². The molecule has 0 aliphatic carbocycles. The minimum absolute atomic E-state index is 0.0106. The van der Waals surface area contributed by atoms with Gasteiger partial charge in [-0.1, -0.05) is 13.8 Å². The van der Waals surface area contributed by atoms with Crippen LogP contribution >= 0.6 is 0 Å². The number of aromatic nitrogens is 5. The predicted molar refractivity (Wildman–Crippen MR) is 75.6 cm³/mol. The number of rotatable bonds is 5. The van der Waals surface area contributed by atoms with Crippen LogP contribution in [0.25, 0.3) is 5.95 Å². The molecule has 3 N–H and O–H groups in total. The van der Waals surface area contributed by atoms with Crippen molar-refractivity contribution >= 4 is 17.9 Å². The lowest BCUT2D eigenvalue weighted by Crippen LogP contribution is -2.36. The molecule has 0 saturated heterocycles. The molecule has 0 bridgehead atoms. The molecule has 1 atom stereocenters. The topological polar surface area (TPSA) is 121 Å². The standard InChI is InChI=1S/C12H17N7O2/c1-7(2)8(9(20)21-3)15-11-16-10(13)17-12(18-11)19-6-4-5-14-19/h4-8H,1-3H3,(H3,13,15,16,17,18). The molecule has 0 aromatic carbocycles. The minimum Gasteiger partial charge on any atom is -0.467 e. The molecular formula is C12H17N7O2. The largest absolute Gasteiger partial charge is 0.467 e. The summed E-state index contributed by atoms with van der Waals surface area (Å²) in [6, 6.07) is 1.15. The lowest BCUT2D eigenvalue weighted by atomic mass is 10.1. The maximum Gasteiger partial charge on any atom is 0.328 e. The van der Waals surface area contributed by atoms with Gasteiger partial charge in [0.05, 0.1) is 7.11 Å². The molecule has 2 rings (SSSR count). The summed E-state index contributed by atoms with van der Waals surface area (Å²) >= 11 is 0. The molecule has 0 amide bonds. The molecule has 0 radical (unpaired) electrons. The van der Waals surface area contributed by atoms with Gasteiger partial charge in [-0.05, 0) is 12.0 Å². The van der Waals surface area contributed by atoms with Crippen molar-refractivity contribution < 1.29 is 9.53 Å². The van der Waals surface area contributed by atoms with E-state index in [9.17, 15) is 4.79 Å². The van der Waals surface area contributed by atoms with Crippen molar-refractivity contribution in [2.24, 2.45) is 5.92 Å². The second-order valence-corrected chi connectivity index (χ2v) is 4.66. The second kappa shape index (κ2) is 6.16. The number of hydrogen-bond donors (Lipinski definition) is 2. The van der Waals surface area contributed by atoms with Crippen molar-refractivity contribution in [3.05, 3.63) is 18.5 Å². The number of carbonyl (C=O) groups excluding carboxylic acids is 1. The number of nitrogens with zero attached hydrogens (tertiary/aromatic N) is 5. The van der Waals surface area contributed by atoms with Gasteiger partial charge >= 0.3 is 5.97 Å². The zero-order valence-electron chi connectivity index (χ0n) is 12.0. The van der Waals surface area contributed by atoms with Gasteiger partial charge in [-0.2, -0.15) is 20.1 Å². The SMILES string of the molecule is COC(=O)C(Nc1nc(N)nc(-n2cccn2)n1)C(C)C. The van der Waals surface area contributed by atoms with Crippen molar-refractivity contribution in [2.45, 2.75) is 19.9 Å². The van der Waals surface area contributed by atoms with Gasteiger partial charge in [0.25, 0.3) is 5.95 Å². The first kappa shape index (κ1) is 14.7. The fraction of sp³-hybridized carbons (Fsp3) is 0.417. The number of esters is 1. The highest BCUT2D eigenvalue weighted by atomic mass is 16.5. The van der Waals surface area contributed by atoms with Crippen molar-refractivity contribution in [3.63, 3.8) is 0 Å². The average Bonchev–Trinajstić information content (AvgIpc) is 2.97. The van der Waals surface area contributed by atoms with E-state index in [4.69, 9.17) is 10.5 Å². The molecule has 21 heavy (non-hydrogen) atoms. The normalized spacial score (nSPS) is 12.2. The number of carbonyl (C=O) groups is 1. The van der Waals surface area contributed by atoms with Crippen molar-refractivity contribution in [2.75, 3.05) is 18.2 Å². The first-order valence-electron chi connectivity index (χ1n) is 6.37. The molecule has 0 spiro atoms. The van der Waals surface area contributed by atoms with E-state index in [1.54, 1.807) is 18.5 Å². The quantitative estimate of drug-likeness (QED) is 0.752. The Bertz CT molecular complexity index is 612. The minimum atomic E-state index is -0.581. The van der Waals surface area contributed by atoms with Crippen LogP contribution in [0.1, 0.15) is 13.8 Å². The Morgan fingerprint density at radius 2 is 2.14 bits per heavy atom. The Morgan fingerprint density at radius 3 is 2.71 bits per heavy atom. The van der Waals surface area contributed by atoms with Gasteiger partial charge in [-0.15, -0.1) is 0 Å². The molecule has 9 nitrogen and oxygen atoms in total. The number of hydrogen-bond acceptors (Lipinski definition) is 8. The molecule has 0 aliphatic heterocycles. The molecule has 0 saturated carbocycles. The number of nitrogen functional groups attached to an aromatic ring is 1. The Hall–Kier alpha value is -2.71. The van der Waals surface area contributed by atoms with E-state index >= 15 is 0 Å². The van der Waals surface area contributed by atoms with E-state index in [0.717, 1.165) is 0 Å². The zero-order valence-corrected chi connectivity index (χ0v) is 12.0. The Labute approximate surface area is 121 Å². The zero-order chi connectivity index (χ0) is 15.4. The molecule has 112 valence electrons. The molecule has 2 aromatic heterocycles. The first-order valence-corrected chi connectivity index (χ1v) is 6.37. The van der Waals surface area contributed by atoms with Crippen LogP contribution < -0.4 is 11.1 Å². The van der Waals surface area contributed by atoms with Gasteiger partial charge in [-0.3, -0.25) is 0 Å². The smallest absolute Gasteiger partial charge is 0.328 e. The monoisotopic (exact) mass is 291 g/mol. The second-order valence-electron chi connectivity index (χ2n) is 4.66. The summed E-state index contributed by atoms with van der Waals surface area (Å²) in [6.45, 7) is 3.76. The van der Waals surface area contributed by atoms with Crippen LogP contribution in [0, 0.1) is 5.92 Å². The Kier molecular flexibility index (Phi) is 4.31. The summed E-state index contributed by atoms with van der Waals surface area (Å²) in [5.41, 5.74) is 5.67. The summed E-state index contributed by atoms with van der Waals surface area (Å²) in [5.74, 6) is 0.0815. The van der Waals surface area contributed by atoms with Gasteiger partial charge in [0.1, 0.15) is 6.04 Å². The summed E-state index contributed by atoms with van der Waals surface area (Å²) in [7, 11) is 1.33. The lowest BCUT2D eigenvalue weighted by molar-refractivity contribution is -0.142. The van der Waals surface area contributed by atoms with Crippen molar-refractivity contribution in [3.8, 4) is 5.95 Å². The predicted octanol–water partition coefficient (Wildman–Crippen LogP) is 0.249. The maximum absolute atomic E-state index is 11.8. The number of ether oxygens (including phenoxy) is 1. The molecule has 9 heteroatoms. The maximum atomic E-state index is 11.8. The Balaban J connectivity index is 2.29. The molecule has 0 aliphatic rings. The van der Waals surface area contributed by atoms with Gasteiger partial charge in [0.2, 0.25) is 11.9 Å². The van der Waals surface area contributed by atoms with Crippen LogP contribution in [0.5, 0.6) is 0 Å². The number of methoxy groups -OCH3 is 1. The third-order valence-electron chi connectivity index (χ3n) is 2.76. The average molecular weight is 291 g/mol. The van der Waals surface area contributed by atoms with Crippen LogP contribution in [0.15, 0.2) is 18.5 Å². The van der Waals surface area contributed by atoms with E-state index in [-0.39, 0.29) is 23.8 Å². The van der Waals surface area contributed by atoms with Crippen LogP contribution in [-0.4, -0.2) is 43.9 Å². The highest BCUT2D eigenvalue weighted by Gasteiger charge is 2.24. The summed E-state index contributed by atoms with van der Waals surface area (Å²) in [6.07, 6.45) is 3.28. The van der Waals surface area contributed by atoms with Crippen LogP contribution in [0.3, 0.4) is 0 Å². The van der Waals surface area contributed by atoms with Crippen molar-refractivity contribution in [1.82, 2.24) is 24.7 Å². The molecule has 1 unspecified atom stereocenters. The number of anilines is 2. The fourth-order valence-corrected chi connectivity index (χ4v) is 1.70. The third kappa shape index (κ3) is 3.44. The summed E-state index contributed by atoms with van der Waals surface area (Å²) in [5, 5.41) is 6.94. The van der Waals surface area contributed by atoms with E-state index in [0.29, 0.717) is 0 Å². The lowest BCUT2D eigenvalue weighted by Gasteiger charge is -2.19. The highest BCUT2D eigenvalue weighted by Crippen LogP contribution is 2.12. The number of nitrogens with two attached hydrogens (primary N) is 1. The van der Waals surface area contributed by atoms with Crippen molar-refractivity contribution in [1.29, 1.82) is 0 Å². The van der Waals surface area contributed by atoms with Gasteiger partial charge in [0.15, 0.2) is 0 Å². The Morgan fingerprint density at radius 1 is 1.38 bits per heavy atom.